The lowest BCUT2D eigenvalue weighted by Crippen LogP contribution is -3.00. The summed E-state index contributed by atoms with van der Waals surface area (Å²) in [6.07, 6.45) is 1.15. The van der Waals surface area contributed by atoms with E-state index in [-0.39, 0.29) is 17.0 Å². The number of allylic oxidation sites excluding steroid dienone is 1. The van der Waals surface area contributed by atoms with Crippen molar-refractivity contribution in [3.05, 3.63) is 139 Å². The van der Waals surface area contributed by atoms with Gasteiger partial charge in [0.2, 0.25) is 0 Å². The van der Waals surface area contributed by atoms with Gasteiger partial charge in [0.15, 0.2) is 0 Å². The third-order valence-electron chi connectivity index (χ3n) is 6.66. The summed E-state index contributed by atoms with van der Waals surface area (Å²) < 4.78 is 0. The first-order valence-electron chi connectivity index (χ1n) is 11.5. The Morgan fingerprint density at radius 2 is 1.00 bits per heavy atom. The second-order valence-electron chi connectivity index (χ2n) is 8.87. The van der Waals surface area contributed by atoms with E-state index in [4.69, 9.17) is 0 Å². The highest BCUT2D eigenvalue weighted by Crippen LogP contribution is 2.51. The fourth-order valence-corrected chi connectivity index (χ4v) is 7.86. The zero-order valence-corrected chi connectivity index (χ0v) is 22.3. The van der Waals surface area contributed by atoms with Gasteiger partial charge in [-0.2, -0.15) is 0 Å². The predicted octanol–water partition coefficient (Wildman–Crippen LogP) is 2.97. The van der Waals surface area contributed by atoms with Crippen molar-refractivity contribution in [2.24, 2.45) is 0 Å². The zero-order chi connectivity index (χ0) is 24.0. The van der Waals surface area contributed by atoms with Crippen LogP contribution in [0.25, 0.3) is 0 Å². The van der Waals surface area contributed by atoms with Gasteiger partial charge in [0.25, 0.3) is 0 Å². The van der Waals surface area contributed by atoms with Crippen LogP contribution in [0.15, 0.2) is 133 Å². The van der Waals surface area contributed by atoms with E-state index >= 15 is 0 Å². The molecule has 0 amide bonds. The maximum atomic E-state index is 11.2. The predicted molar refractivity (Wildman–Crippen MR) is 145 cm³/mol. The number of benzene rings is 4. The number of carboxylic acids is 1. The first kappa shape index (κ1) is 26.6. The van der Waals surface area contributed by atoms with Crippen molar-refractivity contribution in [3.8, 4) is 0 Å². The van der Waals surface area contributed by atoms with Crippen molar-refractivity contribution in [3.63, 3.8) is 0 Å². The average Bonchev–Trinajstić information content (AvgIpc) is 2.88. The summed E-state index contributed by atoms with van der Waals surface area (Å²) in [5.74, 6) is -0.740. The number of hydrogen-bond acceptors (Lipinski definition) is 1. The Hall–Kier alpha value is -3.00. The van der Waals surface area contributed by atoms with Gasteiger partial charge >= 0.3 is 5.97 Å². The number of hydrogen-bond donors (Lipinski definition) is 1. The Kier molecular flexibility index (Phi) is 8.83. The molecule has 178 valence electrons. The van der Waals surface area contributed by atoms with E-state index in [2.05, 4.69) is 104 Å². The van der Waals surface area contributed by atoms with Crippen molar-refractivity contribution in [2.75, 3.05) is 6.66 Å². The molecule has 1 aliphatic rings. The van der Waals surface area contributed by atoms with E-state index in [1.807, 2.05) is 30.3 Å². The number of rotatable bonds is 5. The van der Waals surface area contributed by atoms with E-state index in [0.29, 0.717) is 12.8 Å². The molecule has 0 radical (unpaired) electrons. The van der Waals surface area contributed by atoms with Gasteiger partial charge in [-0.25, -0.2) is 0 Å². The summed E-state index contributed by atoms with van der Waals surface area (Å²) >= 11 is 0. The SMILES string of the molecule is C=C1CC(C(=O)O)(c2ccccc2)C1.C[P+](c1ccccc1)(c1ccccc1)c1ccccc1.[Br-]. The van der Waals surface area contributed by atoms with E-state index in [0.717, 1.165) is 11.1 Å². The number of carbonyl (C=O) groups is 1. The van der Waals surface area contributed by atoms with Gasteiger partial charge in [-0.15, -0.1) is 0 Å². The molecular weight excluding hydrogens is 515 g/mol. The lowest BCUT2D eigenvalue weighted by atomic mass is 9.62. The molecule has 0 unspecified atom stereocenters. The normalized spacial score (nSPS) is 13.9. The quantitative estimate of drug-likeness (QED) is 0.310. The molecule has 0 bridgehead atoms. The van der Waals surface area contributed by atoms with Crippen LogP contribution in [0, 0.1) is 0 Å². The maximum Gasteiger partial charge on any atom is 0.314 e. The Bertz CT molecular complexity index is 1140. The fourth-order valence-electron chi connectivity index (χ4n) is 4.66. The highest BCUT2D eigenvalue weighted by molar-refractivity contribution is 7.95. The van der Waals surface area contributed by atoms with Crippen LogP contribution >= 0.6 is 7.26 Å². The Labute approximate surface area is 219 Å². The van der Waals surface area contributed by atoms with Crippen LogP contribution in [0.5, 0.6) is 0 Å². The van der Waals surface area contributed by atoms with E-state index in [1.54, 1.807) is 0 Å². The molecule has 35 heavy (non-hydrogen) atoms. The van der Waals surface area contributed by atoms with Crippen LogP contribution in [0.2, 0.25) is 0 Å². The minimum atomic E-state index is -1.53. The molecule has 1 N–H and O–H groups in total. The minimum Gasteiger partial charge on any atom is -1.00 e. The van der Waals surface area contributed by atoms with Gasteiger partial charge in [-0.3, -0.25) is 4.79 Å². The number of aliphatic carboxylic acids is 1. The summed E-state index contributed by atoms with van der Waals surface area (Å²) in [7, 11) is -1.53. The van der Waals surface area contributed by atoms with E-state index < -0.39 is 18.6 Å². The first-order chi connectivity index (χ1) is 16.5. The monoisotopic (exact) mass is 544 g/mol. The zero-order valence-electron chi connectivity index (χ0n) is 19.8. The van der Waals surface area contributed by atoms with Crippen molar-refractivity contribution in [1.82, 2.24) is 0 Å². The summed E-state index contributed by atoms with van der Waals surface area (Å²) in [6.45, 7) is 6.21. The Morgan fingerprint density at radius 1 is 0.686 bits per heavy atom. The molecule has 4 aromatic rings. The highest BCUT2D eigenvalue weighted by Gasteiger charge is 2.48. The first-order valence-corrected chi connectivity index (χ1v) is 13.7. The molecule has 0 spiro atoms. The second-order valence-corrected chi connectivity index (χ2v) is 12.4. The van der Waals surface area contributed by atoms with E-state index in [9.17, 15) is 9.90 Å². The largest absolute Gasteiger partial charge is 1.00 e. The van der Waals surface area contributed by atoms with Crippen LogP contribution in [0.1, 0.15) is 18.4 Å². The smallest absolute Gasteiger partial charge is 0.314 e. The molecule has 0 heterocycles. The summed E-state index contributed by atoms with van der Waals surface area (Å²) in [5, 5.41) is 13.5. The molecule has 1 aliphatic carbocycles. The number of halogens is 1. The third kappa shape index (κ3) is 5.48. The molecule has 1 fully saturated rings. The van der Waals surface area contributed by atoms with Crippen molar-refractivity contribution in [1.29, 1.82) is 0 Å². The molecular formula is C31H30BrO2P. The minimum absolute atomic E-state index is 0. The second kappa shape index (κ2) is 11.6. The lowest BCUT2D eigenvalue weighted by molar-refractivity contribution is -0.145. The third-order valence-corrected chi connectivity index (χ3v) is 10.6. The number of carboxylic acid groups (broad SMARTS) is 1. The highest BCUT2D eigenvalue weighted by atomic mass is 79.9. The molecule has 5 rings (SSSR count). The molecule has 0 aromatic heterocycles. The Morgan fingerprint density at radius 3 is 1.29 bits per heavy atom. The Balaban J connectivity index is 0.000000202. The summed E-state index contributed by atoms with van der Waals surface area (Å²) in [4.78, 5) is 11.2. The van der Waals surface area contributed by atoms with Crippen molar-refractivity contribution in [2.45, 2.75) is 18.3 Å². The van der Waals surface area contributed by atoms with Crippen LogP contribution in [0.4, 0.5) is 0 Å². The van der Waals surface area contributed by atoms with Gasteiger partial charge in [0, 0.05) is 0 Å². The van der Waals surface area contributed by atoms with Crippen LogP contribution < -0.4 is 32.9 Å². The standard InChI is InChI=1S/C19H18P.C12H12O2.BrH/c1-20(17-11-5-2-6-12-17,18-13-7-3-8-14-18)19-15-9-4-10-16-19;1-9-7-12(8-9,11(13)14)10-5-3-2-4-6-10;/h2-16H,1H3;2-6H,1,7-8H2,(H,13,14);1H/q+1;;/p-1. The molecule has 2 nitrogen and oxygen atoms in total. The molecule has 1 saturated carbocycles. The van der Waals surface area contributed by atoms with Crippen LogP contribution in [-0.4, -0.2) is 17.7 Å². The van der Waals surface area contributed by atoms with Crippen LogP contribution in [0.3, 0.4) is 0 Å². The topological polar surface area (TPSA) is 37.3 Å². The molecule has 0 atom stereocenters. The maximum absolute atomic E-state index is 11.2. The van der Waals surface area contributed by atoms with Crippen molar-refractivity contribution >= 4 is 29.1 Å². The lowest BCUT2D eigenvalue weighted by Gasteiger charge is -2.40. The van der Waals surface area contributed by atoms with Gasteiger partial charge in [-0.1, -0.05) is 97.1 Å². The van der Waals surface area contributed by atoms with Gasteiger partial charge in [0.05, 0.1) is 6.66 Å². The van der Waals surface area contributed by atoms with Crippen molar-refractivity contribution < 1.29 is 26.9 Å². The molecule has 0 aliphatic heterocycles. The summed E-state index contributed by atoms with van der Waals surface area (Å²) in [6, 6.07) is 42.0. The van der Waals surface area contributed by atoms with Gasteiger partial charge < -0.3 is 22.1 Å². The van der Waals surface area contributed by atoms with Gasteiger partial charge in [-0.05, 0) is 54.8 Å². The average molecular weight is 545 g/mol. The fraction of sp³-hybridized carbons (Fsp3) is 0.129. The molecule has 4 heteroatoms. The van der Waals surface area contributed by atoms with E-state index in [1.165, 1.54) is 15.9 Å². The van der Waals surface area contributed by atoms with Gasteiger partial charge in [0.1, 0.15) is 28.6 Å². The van der Waals surface area contributed by atoms with Crippen LogP contribution in [-0.2, 0) is 10.2 Å². The summed E-state index contributed by atoms with van der Waals surface area (Å²) in [5.41, 5.74) is 1.22. The molecule has 0 saturated heterocycles. The molecule has 4 aromatic carbocycles.